The first kappa shape index (κ1) is 10.7. The molecule has 1 aromatic heterocycles. The Bertz CT molecular complexity index is 484. The van der Waals surface area contributed by atoms with Crippen molar-refractivity contribution in [1.82, 2.24) is 4.98 Å². The second-order valence-electron chi connectivity index (χ2n) is 4.23. The fraction of sp³-hybridized carbons (Fsp3) is 0.385. The Hall–Kier alpha value is -1.84. The average Bonchev–Trinajstić information content (AvgIpc) is 3.09. The summed E-state index contributed by atoms with van der Waals surface area (Å²) in [5.74, 6) is 5.55. The number of hydrogen-bond donors (Lipinski definition) is 1. The van der Waals surface area contributed by atoms with Gasteiger partial charge < -0.3 is 5.11 Å². The summed E-state index contributed by atoms with van der Waals surface area (Å²) in [7, 11) is 0. The highest BCUT2D eigenvalue weighted by atomic mass is 16.3. The molecule has 0 saturated heterocycles. The zero-order valence-corrected chi connectivity index (χ0v) is 9.07. The van der Waals surface area contributed by atoms with Gasteiger partial charge in [-0.1, -0.05) is 12.0 Å². The molecule has 3 heteroatoms. The fourth-order valence-electron chi connectivity index (χ4n) is 1.57. The molecule has 2 rings (SSSR count). The molecule has 1 aliphatic carbocycles. The highest BCUT2D eigenvalue weighted by molar-refractivity contribution is 5.35. The van der Waals surface area contributed by atoms with Gasteiger partial charge in [-0.25, -0.2) is 4.98 Å². The van der Waals surface area contributed by atoms with Gasteiger partial charge in [-0.05, 0) is 37.8 Å². The molecule has 1 saturated carbocycles. The molecule has 0 spiro atoms. The van der Waals surface area contributed by atoms with E-state index in [9.17, 15) is 5.11 Å². The quantitative estimate of drug-likeness (QED) is 0.717. The minimum absolute atomic E-state index is 0.608. The topological polar surface area (TPSA) is 56.9 Å². The molecule has 0 radical (unpaired) electrons. The molecule has 1 aromatic rings. The Balaban J connectivity index is 2.23. The number of nitrogens with zero attached hydrogens (tertiary/aromatic N) is 2. The number of aliphatic hydroxyl groups is 1. The molecule has 0 amide bonds. The Morgan fingerprint density at radius 2 is 2.25 bits per heavy atom. The van der Waals surface area contributed by atoms with Gasteiger partial charge in [0.2, 0.25) is 0 Å². The lowest BCUT2D eigenvalue weighted by Gasteiger charge is -2.21. The molecular formula is C13H12N2O. The van der Waals surface area contributed by atoms with Crippen LogP contribution in [0.5, 0.6) is 0 Å². The second-order valence-corrected chi connectivity index (χ2v) is 4.23. The molecule has 1 fully saturated rings. The summed E-state index contributed by atoms with van der Waals surface area (Å²) in [4.78, 5) is 4.04. The SMILES string of the molecule is C[C@@](O)(C#Cc1ccccn1)C1(C#N)CC1. The number of aromatic nitrogens is 1. The first-order valence-corrected chi connectivity index (χ1v) is 5.17. The lowest BCUT2D eigenvalue weighted by atomic mass is 9.87. The van der Waals surface area contributed by atoms with Crippen molar-refractivity contribution in [2.45, 2.75) is 25.4 Å². The maximum Gasteiger partial charge on any atom is 0.141 e. The molecule has 1 aliphatic rings. The van der Waals surface area contributed by atoms with Crippen molar-refractivity contribution >= 4 is 0 Å². The third-order valence-electron chi connectivity index (χ3n) is 2.99. The van der Waals surface area contributed by atoms with Crippen molar-refractivity contribution in [1.29, 1.82) is 5.26 Å². The largest absolute Gasteiger partial charge is 0.376 e. The highest BCUT2D eigenvalue weighted by Gasteiger charge is 2.56. The van der Waals surface area contributed by atoms with Crippen molar-refractivity contribution in [3.05, 3.63) is 30.1 Å². The van der Waals surface area contributed by atoms with Crippen LogP contribution in [0.1, 0.15) is 25.5 Å². The monoisotopic (exact) mass is 212 g/mol. The maximum atomic E-state index is 10.1. The summed E-state index contributed by atoms with van der Waals surface area (Å²) in [5.41, 5.74) is -1.31. The molecule has 0 aliphatic heterocycles. The Kier molecular flexibility index (Phi) is 2.42. The summed E-state index contributed by atoms with van der Waals surface area (Å²) in [6.07, 6.45) is 3.08. The van der Waals surface area contributed by atoms with Crippen LogP contribution in [-0.2, 0) is 0 Å². The van der Waals surface area contributed by atoms with E-state index in [1.54, 1.807) is 25.3 Å². The van der Waals surface area contributed by atoms with Crippen molar-refractivity contribution < 1.29 is 5.11 Å². The molecule has 0 bridgehead atoms. The lowest BCUT2D eigenvalue weighted by molar-refractivity contribution is 0.0682. The van der Waals surface area contributed by atoms with Crippen LogP contribution in [-0.4, -0.2) is 15.7 Å². The van der Waals surface area contributed by atoms with E-state index in [1.807, 2.05) is 6.07 Å². The van der Waals surface area contributed by atoms with E-state index in [0.29, 0.717) is 18.5 Å². The van der Waals surface area contributed by atoms with Crippen LogP contribution < -0.4 is 0 Å². The lowest BCUT2D eigenvalue weighted by Crippen LogP contribution is -2.33. The van der Waals surface area contributed by atoms with Crippen LogP contribution in [0, 0.1) is 28.6 Å². The van der Waals surface area contributed by atoms with Crippen LogP contribution in [0.2, 0.25) is 0 Å². The van der Waals surface area contributed by atoms with Gasteiger partial charge in [-0.2, -0.15) is 5.26 Å². The third kappa shape index (κ3) is 1.78. The van der Waals surface area contributed by atoms with E-state index < -0.39 is 11.0 Å². The summed E-state index contributed by atoms with van der Waals surface area (Å²) in [6, 6.07) is 7.57. The zero-order chi connectivity index (χ0) is 11.6. The van der Waals surface area contributed by atoms with Crippen molar-refractivity contribution in [2.75, 3.05) is 0 Å². The van der Waals surface area contributed by atoms with E-state index in [2.05, 4.69) is 22.9 Å². The summed E-state index contributed by atoms with van der Waals surface area (Å²) >= 11 is 0. The number of nitriles is 1. The van der Waals surface area contributed by atoms with Gasteiger partial charge >= 0.3 is 0 Å². The van der Waals surface area contributed by atoms with Crippen LogP contribution in [0.3, 0.4) is 0 Å². The van der Waals surface area contributed by atoms with Crippen LogP contribution >= 0.6 is 0 Å². The van der Waals surface area contributed by atoms with E-state index in [0.717, 1.165) is 0 Å². The molecular weight excluding hydrogens is 200 g/mol. The van der Waals surface area contributed by atoms with Gasteiger partial charge in [0.25, 0.3) is 0 Å². The molecule has 1 N–H and O–H groups in total. The van der Waals surface area contributed by atoms with E-state index in [-0.39, 0.29) is 0 Å². The van der Waals surface area contributed by atoms with Crippen molar-refractivity contribution in [3.8, 4) is 17.9 Å². The smallest absolute Gasteiger partial charge is 0.141 e. The number of hydrogen-bond acceptors (Lipinski definition) is 3. The van der Waals surface area contributed by atoms with E-state index in [4.69, 9.17) is 5.26 Å². The van der Waals surface area contributed by atoms with Crippen molar-refractivity contribution in [3.63, 3.8) is 0 Å². The summed E-state index contributed by atoms with van der Waals surface area (Å²) < 4.78 is 0. The van der Waals surface area contributed by atoms with E-state index in [1.165, 1.54) is 0 Å². The van der Waals surface area contributed by atoms with Gasteiger partial charge in [0.1, 0.15) is 11.3 Å². The first-order chi connectivity index (χ1) is 7.60. The molecule has 3 nitrogen and oxygen atoms in total. The van der Waals surface area contributed by atoms with Gasteiger partial charge in [0.05, 0.1) is 11.5 Å². The predicted octanol–water partition coefficient (Wildman–Crippen LogP) is 1.49. The minimum Gasteiger partial charge on any atom is -0.376 e. The average molecular weight is 212 g/mol. The standard InChI is InChI=1S/C13H12N2O/c1-12(16,13(10-14)7-8-13)6-5-11-4-2-3-9-15-11/h2-4,9,16H,7-8H2,1H3/t12-/m1/s1. The molecule has 0 unspecified atom stereocenters. The van der Waals surface area contributed by atoms with Crippen LogP contribution in [0.4, 0.5) is 0 Å². The number of rotatable bonds is 1. The Morgan fingerprint density at radius 3 is 2.75 bits per heavy atom. The summed E-state index contributed by atoms with van der Waals surface area (Å²) in [6.45, 7) is 1.60. The molecule has 0 aromatic carbocycles. The first-order valence-electron chi connectivity index (χ1n) is 5.17. The minimum atomic E-state index is -1.25. The maximum absolute atomic E-state index is 10.1. The fourth-order valence-corrected chi connectivity index (χ4v) is 1.57. The number of pyridine rings is 1. The predicted molar refractivity (Wildman–Crippen MR) is 59.0 cm³/mol. The zero-order valence-electron chi connectivity index (χ0n) is 9.07. The summed E-state index contributed by atoms with van der Waals surface area (Å²) in [5, 5.41) is 19.1. The molecule has 16 heavy (non-hydrogen) atoms. The van der Waals surface area contributed by atoms with E-state index >= 15 is 0 Å². The third-order valence-corrected chi connectivity index (χ3v) is 2.99. The normalized spacial score (nSPS) is 19.8. The van der Waals surface area contributed by atoms with Crippen LogP contribution in [0.15, 0.2) is 24.4 Å². The van der Waals surface area contributed by atoms with Gasteiger partial charge in [0, 0.05) is 6.20 Å². The second kappa shape index (κ2) is 3.63. The molecule has 1 heterocycles. The highest BCUT2D eigenvalue weighted by Crippen LogP contribution is 2.53. The Morgan fingerprint density at radius 1 is 1.50 bits per heavy atom. The van der Waals surface area contributed by atoms with Crippen molar-refractivity contribution in [2.24, 2.45) is 5.41 Å². The van der Waals surface area contributed by atoms with Crippen LogP contribution in [0.25, 0.3) is 0 Å². The molecule has 1 atom stereocenters. The molecule has 80 valence electrons. The Labute approximate surface area is 94.8 Å². The van der Waals surface area contributed by atoms with Gasteiger partial charge in [0.15, 0.2) is 0 Å². The van der Waals surface area contributed by atoms with Gasteiger partial charge in [-0.3, -0.25) is 0 Å². The van der Waals surface area contributed by atoms with Gasteiger partial charge in [-0.15, -0.1) is 0 Å².